The number of guanidine groups is 1. The van der Waals surface area contributed by atoms with Gasteiger partial charge in [0.1, 0.15) is 29.8 Å². The number of benzene rings is 3. The first-order chi connectivity index (χ1) is 37.3. The Kier molecular flexibility index (Phi) is 14.9. The molecule has 1 amide bonds. The van der Waals surface area contributed by atoms with Crippen molar-refractivity contribution in [1.29, 1.82) is 0 Å². The molecule has 2 saturated carbocycles. The molecule has 0 bridgehead atoms. The average Bonchev–Trinajstić information content (AvgIpc) is 4.05. The van der Waals surface area contributed by atoms with Crippen LogP contribution in [0.15, 0.2) is 83.8 Å². The molecule has 3 aromatic carbocycles. The number of fused-ring (bicyclic) bond motifs is 6. The number of ether oxygens (including phenoxy) is 2. The van der Waals surface area contributed by atoms with Gasteiger partial charge in [0, 0.05) is 72.0 Å². The first-order valence-corrected chi connectivity index (χ1v) is 26.8. The number of carboxylic acid groups (broad SMARTS) is 1. The number of anilines is 1. The van der Waals surface area contributed by atoms with E-state index >= 15 is 9.59 Å². The van der Waals surface area contributed by atoms with Gasteiger partial charge in [0.15, 0.2) is 29.1 Å². The number of rotatable bonds is 17. The van der Waals surface area contributed by atoms with Crippen LogP contribution in [0.1, 0.15) is 110 Å². The minimum Gasteiger partial charge on any atom is -0.508 e. The molecule has 10 rings (SSSR count). The summed E-state index contributed by atoms with van der Waals surface area (Å²) in [5, 5.41) is 125. The van der Waals surface area contributed by atoms with E-state index < -0.39 is 95.2 Å². The number of aromatic nitrogens is 2. The number of allylic oxidation sites excluding steroid dienone is 1. The number of phenols is 3. The maximum atomic E-state index is 15.6. The number of nitrogens with one attached hydrogen (secondary N) is 1. The Hall–Kier alpha value is -6.56. The zero-order valence-corrected chi connectivity index (χ0v) is 43.1. The van der Waals surface area contributed by atoms with Gasteiger partial charge in [-0.25, -0.2) is 9.78 Å². The molecule has 12 atom stereocenters. The Labute approximate surface area is 449 Å². The predicted octanol–water partition coefficient (Wildman–Crippen LogP) is 2.80. The number of carbonyl (C=O) groups is 2. The number of aromatic amines is 1. The summed E-state index contributed by atoms with van der Waals surface area (Å²) in [4.78, 5) is 43.1. The number of phenolic OH excluding ortho intramolecular Hbond substituents is 3. The first kappa shape index (κ1) is 54.8. The Morgan fingerprint density at radius 3 is 2.44 bits per heavy atom. The van der Waals surface area contributed by atoms with E-state index in [-0.39, 0.29) is 65.9 Å². The highest BCUT2D eigenvalue weighted by atomic mass is 16.8. The number of imidazole rings is 1. The smallest absolute Gasteiger partial charge is 0.355 e. The molecule has 21 nitrogen and oxygen atoms in total. The molecular formula is C57H70N6O15. The lowest BCUT2D eigenvalue weighted by atomic mass is 9.45. The maximum Gasteiger partial charge on any atom is 0.355 e. The standard InChI is InChI=1S/C57H70N6O15/c58-53(59)61-28-54(17-1-2-18-54)24-37(66)14-12-32-23-55(52(74)75)48(47(32)56-34(6-4-7-35(56)26-64)13-11-31-5-3-8-41(68)46(31)56)38-21-42(69)43(77-57(76)51(73)50(72)49(71)44(27-65)78-57)22-39(38)63(55)45(70)16-10-30-9-15-40(67)33(19-30)20-36-25-60-29-62-36/h3,5,8-10,15-16,19,21-23,25,29,34-35,37,44,47-51,64-69,71-73,76H,1-2,4,6-7,11-14,17-18,20,24,26-28H2,(H,60,62)(H,74,75)(H4,58,59,61)/b16-10+/t34-,35-,37-,44-,47-,48+,49-,50+,51-,55-,56+,57+/m1/s1. The zero-order valence-electron chi connectivity index (χ0n) is 43.1. The molecule has 21 heteroatoms. The number of nitrogens with zero attached hydrogens (tertiary/aromatic N) is 3. The summed E-state index contributed by atoms with van der Waals surface area (Å²) in [5.41, 5.74) is 11.2. The Bertz CT molecular complexity index is 2990. The van der Waals surface area contributed by atoms with Crippen LogP contribution in [-0.4, -0.2) is 146 Å². The second-order valence-corrected chi connectivity index (χ2v) is 22.5. The van der Waals surface area contributed by atoms with Crippen molar-refractivity contribution < 1.29 is 75.2 Å². The van der Waals surface area contributed by atoms with Gasteiger partial charge in [-0.1, -0.05) is 43.0 Å². The molecule has 1 aromatic heterocycles. The van der Waals surface area contributed by atoms with Crippen LogP contribution in [0.5, 0.6) is 23.0 Å². The van der Waals surface area contributed by atoms with E-state index in [4.69, 9.17) is 20.9 Å². The molecule has 0 radical (unpaired) electrons. The molecule has 418 valence electrons. The number of amides is 1. The van der Waals surface area contributed by atoms with Gasteiger partial charge in [0.05, 0.1) is 24.7 Å². The SMILES string of the molecule is NC(N)=NCC1(C[C@H](O)CCC2=C[C@]3(C(=O)O)[C@@H](c4cc(O)c(O[C@]5(O)O[C@H](CO)[C@@H](O)[C@H](O)[C@H]5O)cc4N3C(=O)/C=C/c3ccc(O)c(Cc4cnc[nH]4)c3)[C@@H]2[C@@]23c4c(O)cccc4CC[C@H]2CCC[C@@H]3CO)CCCC1. The summed E-state index contributed by atoms with van der Waals surface area (Å²) in [6, 6.07) is 12.3. The van der Waals surface area contributed by atoms with Gasteiger partial charge in [-0.05, 0) is 128 Å². The van der Waals surface area contributed by atoms with Crippen LogP contribution in [0.4, 0.5) is 5.69 Å². The van der Waals surface area contributed by atoms with Crippen LogP contribution in [-0.2, 0) is 32.6 Å². The summed E-state index contributed by atoms with van der Waals surface area (Å²) in [5.74, 6) is -10.1. The number of aliphatic hydroxyl groups excluding tert-OH is 6. The van der Waals surface area contributed by atoms with Gasteiger partial charge in [0.2, 0.25) is 0 Å². The summed E-state index contributed by atoms with van der Waals surface area (Å²) in [6.07, 6.45) is 5.63. The maximum absolute atomic E-state index is 15.6. The highest BCUT2D eigenvalue weighted by Gasteiger charge is 2.71. The number of carbonyl (C=O) groups excluding carboxylic acids is 1. The Morgan fingerprint density at radius 1 is 0.949 bits per heavy atom. The van der Waals surface area contributed by atoms with Crippen molar-refractivity contribution in [3.63, 3.8) is 0 Å². The minimum absolute atomic E-state index is 0.0218. The summed E-state index contributed by atoms with van der Waals surface area (Å²) in [6.45, 7) is -0.976. The number of hydrogen-bond acceptors (Lipinski definition) is 16. The van der Waals surface area contributed by atoms with Crippen LogP contribution in [0.25, 0.3) is 6.08 Å². The van der Waals surface area contributed by atoms with Crippen LogP contribution in [0.2, 0.25) is 0 Å². The van der Waals surface area contributed by atoms with E-state index in [0.717, 1.165) is 48.6 Å². The van der Waals surface area contributed by atoms with Crippen LogP contribution in [0.3, 0.4) is 0 Å². The number of nitrogens with two attached hydrogens (primary N) is 2. The van der Waals surface area contributed by atoms with Gasteiger partial charge < -0.3 is 82.1 Å². The number of aliphatic carboxylic acids is 1. The lowest BCUT2D eigenvalue weighted by Crippen LogP contribution is -2.67. The fraction of sp³-hybridized carbons (Fsp3) is 0.509. The third-order valence-electron chi connectivity index (χ3n) is 18.1. The molecule has 78 heavy (non-hydrogen) atoms. The highest BCUT2D eigenvalue weighted by Crippen LogP contribution is 2.71. The first-order valence-electron chi connectivity index (χ1n) is 26.8. The molecule has 3 fully saturated rings. The molecule has 0 unspecified atom stereocenters. The van der Waals surface area contributed by atoms with Crippen molar-refractivity contribution in [1.82, 2.24) is 9.97 Å². The second kappa shape index (κ2) is 21.2. The summed E-state index contributed by atoms with van der Waals surface area (Å²) < 4.78 is 11.2. The van der Waals surface area contributed by atoms with Crippen molar-refractivity contribution in [3.05, 3.63) is 112 Å². The molecule has 4 aromatic rings. The molecule has 6 aliphatic rings. The summed E-state index contributed by atoms with van der Waals surface area (Å²) in [7, 11) is 0. The minimum atomic E-state index is -3.24. The molecular weight excluding hydrogens is 1010 g/mol. The molecule has 16 N–H and O–H groups in total. The van der Waals surface area contributed by atoms with Crippen LogP contribution >= 0.6 is 0 Å². The zero-order chi connectivity index (χ0) is 55.5. The molecule has 2 aliphatic heterocycles. The van der Waals surface area contributed by atoms with Gasteiger partial charge in [0.25, 0.3) is 5.91 Å². The molecule has 0 spiro atoms. The van der Waals surface area contributed by atoms with Crippen molar-refractivity contribution in [2.24, 2.45) is 39.6 Å². The largest absolute Gasteiger partial charge is 0.508 e. The molecule has 3 heterocycles. The fourth-order valence-electron chi connectivity index (χ4n) is 14.8. The summed E-state index contributed by atoms with van der Waals surface area (Å²) >= 11 is 0. The number of carboxylic acids is 1. The second-order valence-electron chi connectivity index (χ2n) is 22.5. The third-order valence-corrected chi connectivity index (χ3v) is 18.1. The van der Waals surface area contributed by atoms with Crippen molar-refractivity contribution >= 4 is 29.6 Å². The van der Waals surface area contributed by atoms with Crippen molar-refractivity contribution in [2.75, 3.05) is 24.7 Å². The number of aliphatic imine (C=N–C) groups is 1. The van der Waals surface area contributed by atoms with E-state index in [0.29, 0.717) is 66.6 Å². The predicted molar refractivity (Wildman–Crippen MR) is 282 cm³/mol. The van der Waals surface area contributed by atoms with E-state index in [9.17, 15) is 56.2 Å². The number of hydrogen-bond donors (Lipinski definition) is 14. The number of aryl methyl sites for hydroxylation is 1. The van der Waals surface area contributed by atoms with Crippen LogP contribution < -0.4 is 21.1 Å². The lowest BCUT2D eigenvalue weighted by molar-refractivity contribution is -0.422. The topological polar surface area (TPSA) is 371 Å². The number of aromatic hydroxyl groups is 3. The normalized spacial score (nSPS) is 31.2. The molecule has 1 saturated heterocycles. The van der Waals surface area contributed by atoms with Crippen molar-refractivity contribution in [2.45, 2.75) is 137 Å². The highest BCUT2D eigenvalue weighted by molar-refractivity contribution is 6.13. The van der Waals surface area contributed by atoms with Crippen LogP contribution in [0, 0.1) is 23.2 Å². The quantitative estimate of drug-likeness (QED) is 0.0238. The lowest BCUT2D eigenvalue weighted by Gasteiger charge is -2.58. The number of H-pyrrole nitrogens is 1. The monoisotopic (exact) mass is 1080 g/mol. The molecule has 4 aliphatic carbocycles. The van der Waals surface area contributed by atoms with E-state index in [1.165, 1.54) is 30.6 Å². The van der Waals surface area contributed by atoms with Gasteiger partial charge >= 0.3 is 11.9 Å². The van der Waals surface area contributed by atoms with Gasteiger partial charge in [-0.3, -0.25) is 14.7 Å². The Balaban J connectivity index is 1.16. The average molecular weight is 1080 g/mol. The fourth-order valence-corrected chi connectivity index (χ4v) is 14.8. The Morgan fingerprint density at radius 2 is 1.73 bits per heavy atom. The number of aliphatic hydroxyl groups is 7. The van der Waals surface area contributed by atoms with E-state index in [1.807, 2.05) is 6.07 Å². The third kappa shape index (κ3) is 9.26. The van der Waals surface area contributed by atoms with Gasteiger partial charge in [-0.15, -0.1) is 0 Å². The van der Waals surface area contributed by atoms with Gasteiger partial charge in [-0.2, -0.15) is 0 Å². The van der Waals surface area contributed by atoms with E-state index in [1.54, 1.807) is 36.5 Å². The van der Waals surface area contributed by atoms with Crippen molar-refractivity contribution in [3.8, 4) is 23.0 Å². The van der Waals surface area contributed by atoms with E-state index in [2.05, 4.69) is 15.0 Å².